The Bertz CT molecular complexity index is 1490. The van der Waals surface area contributed by atoms with Crippen molar-refractivity contribution in [2.24, 2.45) is 40.2 Å². The molecule has 47 heavy (non-hydrogen) atoms. The van der Waals surface area contributed by atoms with E-state index in [-0.39, 0.29) is 33.3 Å². The topological polar surface area (TPSA) is 185 Å². The highest BCUT2D eigenvalue weighted by molar-refractivity contribution is 7.91. The Morgan fingerprint density at radius 3 is 2.26 bits per heavy atom. The number of thiophene rings is 1. The highest BCUT2D eigenvalue weighted by Gasteiger charge is 2.70. The Morgan fingerprint density at radius 1 is 1.04 bits per heavy atom. The van der Waals surface area contributed by atoms with Crippen LogP contribution in [0.2, 0.25) is 0 Å². The quantitative estimate of drug-likeness (QED) is 0.229. The highest BCUT2D eigenvalue weighted by Crippen LogP contribution is 2.65. The molecule has 4 fully saturated rings. The Morgan fingerprint density at radius 2 is 1.70 bits per heavy atom. The van der Waals surface area contributed by atoms with Gasteiger partial charge in [0, 0.05) is 6.54 Å². The van der Waals surface area contributed by atoms with E-state index in [1.54, 1.807) is 11.4 Å². The number of hydrogen-bond donors (Lipinski definition) is 4. The van der Waals surface area contributed by atoms with Gasteiger partial charge < -0.3 is 21.3 Å². The molecular formula is C33H49N5O7S2. The molecule has 260 valence electrons. The molecule has 0 bridgehead atoms. The van der Waals surface area contributed by atoms with Gasteiger partial charge in [-0.15, -0.1) is 11.3 Å². The van der Waals surface area contributed by atoms with Gasteiger partial charge in [-0.05, 0) is 65.2 Å². The fourth-order valence-electron chi connectivity index (χ4n) is 7.68. The van der Waals surface area contributed by atoms with Crippen LogP contribution >= 0.6 is 11.3 Å². The van der Waals surface area contributed by atoms with Crippen LogP contribution in [0.15, 0.2) is 21.7 Å². The van der Waals surface area contributed by atoms with Crippen molar-refractivity contribution in [1.82, 2.24) is 20.3 Å². The van der Waals surface area contributed by atoms with Crippen LogP contribution in [0, 0.1) is 34.5 Å². The van der Waals surface area contributed by atoms with Gasteiger partial charge in [0.25, 0.3) is 15.9 Å². The average molecular weight is 692 g/mol. The number of nitrogens with two attached hydrogens (primary N) is 1. The monoisotopic (exact) mass is 691 g/mol. The summed E-state index contributed by atoms with van der Waals surface area (Å²) in [6, 6.07) is -0.989. The van der Waals surface area contributed by atoms with E-state index in [9.17, 15) is 32.4 Å². The second-order valence-electron chi connectivity index (χ2n) is 15.6. The molecule has 1 aromatic heterocycles. The van der Waals surface area contributed by atoms with E-state index >= 15 is 0 Å². The predicted molar refractivity (Wildman–Crippen MR) is 176 cm³/mol. The Kier molecular flexibility index (Phi) is 9.98. The standard InChI is InChI=1S/C33H49N5O7S2/c1-32(2,3)27(36-29(41)24(19-10-7-6-8-11-19)37-47(44,45)22-12-9-15-46-22)31(43)38-17-20-23(33(20,4)5)25(38)30(42)35-21(16-18-13-14-18)26(39)28(34)40/h9,12,15,18-21,23-25,27,37H,6-8,10-11,13-14,16-17H2,1-5H3,(H2,34,40)(H,35,42)(H,36,41)/t20-,21?,23-,24-,25-,27+/m0/s1. The maximum atomic E-state index is 14.5. The fourth-order valence-corrected chi connectivity index (χ4v) is 9.95. The molecule has 4 aliphatic rings. The summed E-state index contributed by atoms with van der Waals surface area (Å²) in [5.74, 6) is -3.64. The first kappa shape index (κ1) is 35.5. The summed E-state index contributed by atoms with van der Waals surface area (Å²) in [6.45, 7) is 9.82. The summed E-state index contributed by atoms with van der Waals surface area (Å²) in [6.07, 6.45) is 6.24. The molecule has 3 aliphatic carbocycles. The third-order valence-corrected chi connectivity index (χ3v) is 13.6. The molecule has 5 N–H and O–H groups in total. The van der Waals surface area contributed by atoms with Crippen LogP contribution in [0.3, 0.4) is 0 Å². The largest absolute Gasteiger partial charge is 0.363 e. The minimum absolute atomic E-state index is 0.0415. The van der Waals surface area contributed by atoms with Gasteiger partial charge in [0.1, 0.15) is 22.3 Å². The third kappa shape index (κ3) is 7.59. The van der Waals surface area contributed by atoms with Crippen molar-refractivity contribution in [1.29, 1.82) is 0 Å². The molecule has 14 heteroatoms. The lowest BCUT2D eigenvalue weighted by molar-refractivity contribution is -0.146. The van der Waals surface area contributed by atoms with Gasteiger partial charge in [-0.25, -0.2) is 8.42 Å². The van der Waals surface area contributed by atoms with Crippen LogP contribution < -0.4 is 21.1 Å². The van der Waals surface area contributed by atoms with E-state index in [0.29, 0.717) is 25.8 Å². The number of fused-ring (bicyclic) bond motifs is 1. The number of amides is 4. The molecule has 3 saturated carbocycles. The summed E-state index contributed by atoms with van der Waals surface area (Å²) in [5.41, 5.74) is 4.29. The number of Topliss-reactive ketones (excluding diaryl/α,β-unsaturated/α-hetero) is 1. The summed E-state index contributed by atoms with van der Waals surface area (Å²) in [7, 11) is -3.98. The van der Waals surface area contributed by atoms with Gasteiger partial charge in [0.05, 0.1) is 6.04 Å². The van der Waals surface area contributed by atoms with Gasteiger partial charge in [0.15, 0.2) is 0 Å². The normalized spacial score (nSPS) is 26.1. The van der Waals surface area contributed by atoms with Crippen LogP contribution in [-0.4, -0.2) is 73.4 Å². The second-order valence-corrected chi connectivity index (χ2v) is 18.5. The first-order chi connectivity index (χ1) is 21.9. The van der Waals surface area contributed by atoms with Gasteiger partial charge in [-0.1, -0.05) is 72.8 Å². The Hall–Kier alpha value is -2.84. The molecule has 1 saturated heterocycles. The van der Waals surface area contributed by atoms with Crippen molar-refractivity contribution in [3.8, 4) is 0 Å². The number of piperidine rings is 1. The van der Waals surface area contributed by atoms with Crippen molar-refractivity contribution in [3.63, 3.8) is 0 Å². The van der Waals surface area contributed by atoms with E-state index < -0.39 is 69.0 Å². The van der Waals surface area contributed by atoms with Crippen molar-refractivity contribution >= 4 is 50.8 Å². The lowest BCUT2D eigenvalue weighted by atomic mass is 9.82. The molecule has 4 amide bonds. The lowest BCUT2D eigenvalue weighted by Crippen LogP contribution is -2.62. The first-order valence-electron chi connectivity index (χ1n) is 16.7. The number of rotatable bonds is 13. The summed E-state index contributed by atoms with van der Waals surface area (Å²) >= 11 is 1.06. The molecule has 1 unspecified atom stereocenters. The number of carbonyl (C=O) groups excluding carboxylic acids is 5. The molecular weight excluding hydrogens is 643 g/mol. The SMILES string of the molecule is CC(C)(C)[C@H](NC(=O)[C@@H](NS(=O)(=O)c1cccs1)C1CCCCC1)C(=O)N1C[C@H]2[C@@H]([C@H]1C(=O)NC(CC1CC1)C(=O)C(N)=O)C2(C)C. The zero-order chi connectivity index (χ0) is 34.5. The molecule has 1 aliphatic heterocycles. The Labute approximate surface area is 281 Å². The number of sulfonamides is 1. The first-order valence-corrected chi connectivity index (χ1v) is 19.1. The number of nitrogens with one attached hydrogen (secondary N) is 3. The molecule has 6 atom stereocenters. The van der Waals surface area contributed by atoms with E-state index in [4.69, 9.17) is 5.73 Å². The smallest absolute Gasteiger partial charge is 0.287 e. The average Bonchev–Trinajstić information content (AvgIpc) is 3.69. The molecule has 0 radical (unpaired) electrons. The third-order valence-electron chi connectivity index (χ3n) is 10.7. The van der Waals surface area contributed by atoms with Crippen LogP contribution in [0.25, 0.3) is 0 Å². The maximum Gasteiger partial charge on any atom is 0.287 e. The minimum atomic E-state index is -3.98. The van der Waals surface area contributed by atoms with E-state index in [2.05, 4.69) is 15.4 Å². The molecule has 2 heterocycles. The van der Waals surface area contributed by atoms with Crippen LogP contribution in [0.5, 0.6) is 0 Å². The summed E-state index contributed by atoms with van der Waals surface area (Å²) < 4.78 is 29.3. The van der Waals surface area contributed by atoms with E-state index in [1.165, 1.54) is 11.0 Å². The van der Waals surface area contributed by atoms with E-state index in [1.807, 2.05) is 34.6 Å². The second kappa shape index (κ2) is 13.2. The van der Waals surface area contributed by atoms with E-state index in [0.717, 1.165) is 43.4 Å². The maximum absolute atomic E-state index is 14.5. The molecule has 5 rings (SSSR count). The zero-order valence-corrected chi connectivity index (χ0v) is 29.5. The van der Waals surface area contributed by atoms with Crippen LogP contribution in [0.4, 0.5) is 0 Å². The number of primary amides is 1. The van der Waals surface area contributed by atoms with Crippen LogP contribution in [0.1, 0.15) is 86.0 Å². The van der Waals surface area contributed by atoms with Crippen molar-refractivity contribution in [2.75, 3.05) is 6.54 Å². The highest BCUT2D eigenvalue weighted by atomic mass is 32.2. The minimum Gasteiger partial charge on any atom is -0.363 e. The number of hydrogen-bond acceptors (Lipinski definition) is 8. The van der Waals surface area contributed by atoms with Gasteiger partial charge >= 0.3 is 0 Å². The van der Waals surface area contributed by atoms with Crippen molar-refractivity contribution < 1.29 is 32.4 Å². The van der Waals surface area contributed by atoms with Crippen molar-refractivity contribution in [2.45, 2.75) is 114 Å². The molecule has 1 aromatic rings. The van der Waals surface area contributed by atoms with Gasteiger partial charge in [0.2, 0.25) is 23.5 Å². The number of carbonyl (C=O) groups is 5. The van der Waals surface area contributed by atoms with Gasteiger partial charge in [-0.2, -0.15) is 4.72 Å². The fraction of sp³-hybridized carbons (Fsp3) is 0.727. The zero-order valence-electron chi connectivity index (χ0n) is 27.9. The number of ketones is 1. The van der Waals surface area contributed by atoms with Crippen molar-refractivity contribution in [3.05, 3.63) is 17.5 Å². The van der Waals surface area contributed by atoms with Gasteiger partial charge in [-0.3, -0.25) is 24.0 Å². The molecule has 0 aromatic carbocycles. The summed E-state index contributed by atoms with van der Waals surface area (Å²) in [4.78, 5) is 68.4. The lowest BCUT2D eigenvalue weighted by Gasteiger charge is -2.39. The predicted octanol–water partition coefficient (Wildman–Crippen LogP) is 2.33. The molecule has 12 nitrogen and oxygen atoms in total. The van der Waals surface area contributed by atoms with Crippen LogP contribution in [-0.2, 0) is 34.0 Å². The number of nitrogens with zero attached hydrogens (tertiary/aromatic N) is 1. The summed E-state index contributed by atoms with van der Waals surface area (Å²) in [5, 5.41) is 7.34. The molecule has 0 spiro atoms. The number of likely N-dealkylation sites (tertiary alicyclic amines) is 1. The Balaban J connectivity index is 1.39.